The number of fused-ring (bicyclic) bond motifs is 1. The summed E-state index contributed by atoms with van der Waals surface area (Å²) in [5.41, 5.74) is 1.12. The van der Waals surface area contributed by atoms with Crippen molar-refractivity contribution in [2.24, 2.45) is 7.05 Å². The number of carbonyl (C=O) groups excluding carboxylic acids is 1. The average Bonchev–Trinajstić information content (AvgIpc) is 2.67. The van der Waals surface area contributed by atoms with Crippen LogP contribution >= 0.6 is 0 Å². The van der Waals surface area contributed by atoms with Crippen molar-refractivity contribution in [2.75, 3.05) is 7.11 Å². The molecular weight excluding hydrogens is 222 g/mol. The lowest BCUT2D eigenvalue weighted by atomic mass is 10.2. The van der Waals surface area contributed by atoms with Crippen LogP contribution in [-0.2, 0) is 16.6 Å². The predicted molar refractivity (Wildman–Crippen MR) is 61.6 cm³/mol. The second-order valence-corrected chi connectivity index (χ2v) is 3.76. The molecule has 0 radical (unpaired) electrons. The SMILES string of the molecule is COC(=O)C(O)c1cc2c(O)cccc2n1C. The maximum atomic E-state index is 11.3. The summed E-state index contributed by atoms with van der Waals surface area (Å²) >= 11 is 0. The maximum Gasteiger partial charge on any atom is 0.340 e. The van der Waals surface area contributed by atoms with Crippen LogP contribution in [0.4, 0.5) is 0 Å². The summed E-state index contributed by atoms with van der Waals surface area (Å²) in [6, 6.07) is 6.62. The Hall–Kier alpha value is -2.01. The van der Waals surface area contributed by atoms with Crippen LogP contribution < -0.4 is 0 Å². The Bertz CT molecular complexity index is 573. The normalized spacial score (nSPS) is 12.6. The zero-order valence-electron chi connectivity index (χ0n) is 9.54. The highest BCUT2D eigenvalue weighted by atomic mass is 16.5. The van der Waals surface area contributed by atoms with Gasteiger partial charge in [-0.1, -0.05) is 6.07 Å². The van der Waals surface area contributed by atoms with Gasteiger partial charge in [0.25, 0.3) is 0 Å². The number of hydrogen-bond donors (Lipinski definition) is 2. The van der Waals surface area contributed by atoms with Gasteiger partial charge in [0.15, 0.2) is 6.10 Å². The minimum Gasteiger partial charge on any atom is -0.507 e. The van der Waals surface area contributed by atoms with Crippen molar-refractivity contribution in [3.8, 4) is 5.75 Å². The van der Waals surface area contributed by atoms with Gasteiger partial charge in [-0.25, -0.2) is 4.79 Å². The topological polar surface area (TPSA) is 71.7 Å². The molecule has 0 bridgehead atoms. The number of aromatic nitrogens is 1. The third kappa shape index (κ3) is 1.74. The molecule has 0 fully saturated rings. The van der Waals surface area contributed by atoms with Gasteiger partial charge in [0.05, 0.1) is 18.3 Å². The monoisotopic (exact) mass is 235 g/mol. The van der Waals surface area contributed by atoms with E-state index >= 15 is 0 Å². The zero-order chi connectivity index (χ0) is 12.6. The summed E-state index contributed by atoms with van der Waals surface area (Å²) in [4.78, 5) is 11.3. The molecule has 0 spiro atoms. The van der Waals surface area contributed by atoms with Crippen molar-refractivity contribution in [1.82, 2.24) is 4.57 Å². The summed E-state index contributed by atoms with van der Waals surface area (Å²) in [5, 5.41) is 20.1. The first-order valence-corrected chi connectivity index (χ1v) is 5.09. The molecule has 1 aromatic carbocycles. The van der Waals surface area contributed by atoms with Crippen molar-refractivity contribution < 1.29 is 19.7 Å². The van der Waals surface area contributed by atoms with E-state index in [2.05, 4.69) is 4.74 Å². The lowest BCUT2D eigenvalue weighted by molar-refractivity contribution is -0.151. The number of rotatable bonds is 2. The summed E-state index contributed by atoms with van der Waals surface area (Å²) in [6.07, 6.45) is -1.35. The number of aliphatic hydroxyl groups is 1. The molecule has 17 heavy (non-hydrogen) atoms. The van der Waals surface area contributed by atoms with Crippen molar-refractivity contribution in [1.29, 1.82) is 0 Å². The highest BCUT2D eigenvalue weighted by molar-refractivity contribution is 5.89. The molecule has 0 aliphatic heterocycles. The number of phenolic OH excluding ortho intramolecular Hbond substituents is 1. The second kappa shape index (κ2) is 4.10. The number of ether oxygens (including phenoxy) is 1. The van der Waals surface area contributed by atoms with E-state index in [1.807, 2.05) is 0 Å². The fourth-order valence-corrected chi connectivity index (χ4v) is 1.86. The maximum absolute atomic E-state index is 11.3. The minimum atomic E-state index is -1.35. The largest absolute Gasteiger partial charge is 0.507 e. The number of aliphatic hydroxyl groups excluding tert-OH is 1. The van der Waals surface area contributed by atoms with Gasteiger partial charge in [-0.05, 0) is 18.2 Å². The second-order valence-electron chi connectivity index (χ2n) is 3.76. The Morgan fingerprint density at radius 1 is 1.47 bits per heavy atom. The molecule has 0 aliphatic rings. The van der Waals surface area contributed by atoms with Crippen molar-refractivity contribution in [3.05, 3.63) is 30.0 Å². The van der Waals surface area contributed by atoms with Crippen LogP contribution in [0.15, 0.2) is 24.3 Å². The standard InChI is InChI=1S/C12H13NO4/c1-13-8-4-3-5-10(14)7(8)6-9(13)11(15)12(16)17-2/h3-6,11,14-15H,1-2H3. The number of nitrogens with zero attached hydrogens (tertiary/aromatic N) is 1. The molecule has 5 heteroatoms. The zero-order valence-corrected chi connectivity index (χ0v) is 9.54. The molecule has 0 aliphatic carbocycles. The molecular formula is C12H13NO4. The number of methoxy groups -OCH3 is 1. The molecule has 1 aromatic heterocycles. The minimum absolute atomic E-state index is 0.112. The molecule has 90 valence electrons. The average molecular weight is 235 g/mol. The van der Waals surface area contributed by atoms with Crippen molar-refractivity contribution in [3.63, 3.8) is 0 Å². The molecule has 2 aromatic rings. The summed E-state index contributed by atoms with van der Waals surface area (Å²) in [7, 11) is 2.93. The van der Waals surface area contributed by atoms with E-state index in [0.717, 1.165) is 5.52 Å². The molecule has 0 saturated heterocycles. The molecule has 0 amide bonds. The number of esters is 1. The fourth-order valence-electron chi connectivity index (χ4n) is 1.86. The fraction of sp³-hybridized carbons (Fsp3) is 0.250. The highest BCUT2D eigenvalue weighted by Crippen LogP contribution is 2.29. The van der Waals surface area contributed by atoms with Gasteiger partial charge in [-0.3, -0.25) is 0 Å². The molecule has 2 N–H and O–H groups in total. The van der Waals surface area contributed by atoms with Gasteiger partial charge in [0.1, 0.15) is 5.75 Å². The van der Waals surface area contributed by atoms with Gasteiger partial charge in [0.2, 0.25) is 0 Å². The van der Waals surface area contributed by atoms with E-state index in [0.29, 0.717) is 11.1 Å². The molecule has 0 saturated carbocycles. The van der Waals surface area contributed by atoms with Crippen LogP contribution in [0.25, 0.3) is 10.9 Å². The van der Waals surface area contributed by atoms with Crippen LogP contribution in [0.3, 0.4) is 0 Å². The smallest absolute Gasteiger partial charge is 0.340 e. The molecule has 1 unspecified atom stereocenters. The van der Waals surface area contributed by atoms with Gasteiger partial charge >= 0.3 is 5.97 Å². The first-order valence-electron chi connectivity index (χ1n) is 5.09. The molecule has 2 rings (SSSR count). The lowest BCUT2D eigenvalue weighted by Crippen LogP contribution is -2.16. The molecule has 1 heterocycles. The molecule has 5 nitrogen and oxygen atoms in total. The van der Waals surface area contributed by atoms with Crippen LogP contribution in [0.1, 0.15) is 11.8 Å². The van der Waals surface area contributed by atoms with Crippen LogP contribution in [0, 0.1) is 0 Å². The van der Waals surface area contributed by atoms with Gasteiger partial charge < -0.3 is 19.5 Å². The first kappa shape index (κ1) is 11.5. The van der Waals surface area contributed by atoms with Gasteiger partial charge in [0, 0.05) is 12.4 Å². The van der Waals surface area contributed by atoms with Crippen molar-refractivity contribution >= 4 is 16.9 Å². The number of hydrogen-bond acceptors (Lipinski definition) is 4. The van der Waals surface area contributed by atoms with Crippen LogP contribution in [0.2, 0.25) is 0 Å². The summed E-state index contributed by atoms with van der Waals surface area (Å²) in [6.45, 7) is 0. The first-order chi connectivity index (χ1) is 8.06. The lowest BCUT2D eigenvalue weighted by Gasteiger charge is -2.09. The third-order valence-electron chi connectivity index (χ3n) is 2.81. The van der Waals surface area contributed by atoms with E-state index in [-0.39, 0.29) is 5.75 Å². The van der Waals surface area contributed by atoms with E-state index < -0.39 is 12.1 Å². The Kier molecular flexibility index (Phi) is 2.77. The summed E-state index contributed by atoms with van der Waals surface area (Å²) < 4.78 is 6.13. The Morgan fingerprint density at radius 2 is 2.18 bits per heavy atom. The Labute approximate surface area is 97.9 Å². The van der Waals surface area contributed by atoms with Gasteiger partial charge in [-0.2, -0.15) is 0 Å². The quantitative estimate of drug-likeness (QED) is 0.764. The Balaban J connectivity index is 2.60. The van der Waals surface area contributed by atoms with Crippen LogP contribution in [-0.4, -0.2) is 27.9 Å². The predicted octanol–water partition coefficient (Wildman–Crippen LogP) is 1.09. The number of aryl methyl sites for hydroxylation is 1. The van der Waals surface area contributed by atoms with Crippen LogP contribution in [0.5, 0.6) is 5.75 Å². The Morgan fingerprint density at radius 3 is 2.76 bits per heavy atom. The van der Waals surface area contributed by atoms with Crippen molar-refractivity contribution in [2.45, 2.75) is 6.10 Å². The number of phenols is 1. The van der Waals surface area contributed by atoms with E-state index in [9.17, 15) is 15.0 Å². The van der Waals surface area contributed by atoms with E-state index in [4.69, 9.17) is 0 Å². The van der Waals surface area contributed by atoms with E-state index in [1.54, 1.807) is 35.9 Å². The highest BCUT2D eigenvalue weighted by Gasteiger charge is 2.22. The number of benzene rings is 1. The van der Waals surface area contributed by atoms with Gasteiger partial charge in [-0.15, -0.1) is 0 Å². The summed E-state index contributed by atoms with van der Waals surface area (Å²) in [5.74, 6) is -0.614. The molecule has 1 atom stereocenters. The number of carbonyl (C=O) groups is 1. The number of aromatic hydroxyl groups is 1. The third-order valence-corrected chi connectivity index (χ3v) is 2.81. The van der Waals surface area contributed by atoms with E-state index in [1.165, 1.54) is 7.11 Å².